The number of carbonyl (C=O) groups excluding carboxylic acids is 1. The number of carboxylic acids is 1. The number of carbonyl (C=O) groups is 2. The quantitative estimate of drug-likeness (QED) is 0.530. The molecule has 10 heteroatoms. The molecule has 0 bridgehead atoms. The zero-order valence-electron chi connectivity index (χ0n) is 19.1. The fourth-order valence-corrected chi connectivity index (χ4v) is 4.71. The van der Waals surface area contributed by atoms with Crippen molar-refractivity contribution >= 4 is 33.3 Å². The summed E-state index contributed by atoms with van der Waals surface area (Å²) in [5.74, 6) is -1.13. The van der Waals surface area contributed by atoms with E-state index in [-0.39, 0.29) is 21.7 Å². The molecule has 9 nitrogen and oxygen atoms in total. The molecule has 3 aromatic rings. The molecule has 0 saturated carbocycles. The lowest BCUT2D eigenvalue weighted by Crippen LogP contribution is -2.26. The average Bonchev–Trinajstić information content (AvgIpc) is 3.08. The molecule has 2 N–H and O–H groups in total. The van der Waals surface area contributed by atoms with Crippen molar-refractivity contribution in [1.82, 2.24) is 0 Å². The number of rotatable bonds is 6. The summed E-state index contributed by atoms with van der Waals surface area (Å²) in [6.07, 6.45) is 0.652. The predicted octanol–water partition coefficient (Wildman–Crippen LogP) is 3.93. The number of hydrogen-bond acceptors (Lipinski definition) is 6. The van der Waals surface area contributed by atoms with Gasteiger partial charge in [-0.05, 0) is 43.3 Å². The predicted molar refractivity (Wildman–Crippen MR) is 130 cm³/mol. The standard InChI is InChI=1S/C25H24N2O7S/c1-16-4-10-19(11-5-16)35(31,32)27(2)18-8-6-17(7-9-18)24(28)26-21-15-23-22(14-20(21)25(29)30)33-12-3-13-34-23/h4-11,14-15H,3,12-13H2,1-2H3,(H,26,28)(H,29,30). The lowest BCUT2D eigenvalue weighted by Gasteiger charge is -2.20. The number of fused-ring (bicyclic) bond motifs is 1. The molecule has 0 atom stereocenters. The summed E-state index contributed by atoms with van der Waals surface area (Å²) >= 11 is 0. The number of amides is 1. The van der Waals surface area contributed by atoms with Gasteiger partial charge in [-0.1, -0.05) is 17.7 Å². The Bertz CT molecular complexity index is 1370. The first kappa shape index (κ1) is 24.1. The van der Waals surface area contributed by atoms with Gasteiger partial charge in [0.2, 0.25) is 0 Å². The normalized spacial score (nSPS) is 13.0. The molecule has 0 radical (unpaired) electrons. The zero-order valence-corrected chi connectivity index (χ0v) is 20.0. The fraction of sp³-hybridized carbons (Fsp3) is 0.200. The molecule has 0 saturated heterocycles. The number of aryl methyl sites for hydroxylation is 1. The number of nitrogens with one attached hydrogen (secondary N) is 1. The molecule has 1 amide bonds. The van der Waals surface area contributed by atoms with E-state index in [0.29, 0.717) is 36.8 Å². The molecule has 0 unspecified atom stereocenters. The van der Waals surface area contributed by atoms with Gasteiger partial charge in [0.05, 0.1) is 35.0 Å². The number of sulfonamides is 1. The maximum absolute atomic E-state index is 12.9. The minimum absolute atomic E-state index is 0.0647. The van der Waals surface area contributed by atoms with Gasteiger partial charge in [0.1, 0.15) is 0 Å². The molecule has 182 valence electrons. The van der Waals surface area contributed by atoms with Gasteiger partial charge in [0.25, 0.3) is 15.9 Å². The SMILES string of the molecule is Cc1ccc(S(=O)(=O)N(C)c2ccc(C(=O)Nc3cc4c(cc3C(=O)O)OCCCO4)cc2)cc1. The van der Waals surface area contributed by atoms with Crippen molar-refractivity contribution < 1.29 is 32.6 Å². The Morgan fingerprint density at radius 2 is 1.54 bits per heavy atom. The molecule has 0 aromatic heterocycles. The number of nitrogens with zero attached hydrogens (tertiary/aromatic N) is 1. The average molecular weight is 497 g/mol. The monoisotopic (exact) mass is 496 g/mol. The van der Waals surface area contributed by atoms with Crippen molar-refractivity contribution in [3.63, 3.8) is 0 Å². The summed E-state index contributed by atoms with van der Waals surface area (Å²) in [6.45, 7) is 2.68. The van der Waals surface area contributed by atoms with Gasteiger partial charge in [-0.25, -0.2) is 13.2 Å². The van der Waals surface area contributed by atoms with Gasteiger partial charge in [0.15, 0.2) is 11.5 Å². The van der Waals surface area contributed by atoms with Crippen LogP contribution in [0, 0.1) is 6.92 Å². The second-order valence-corrected chi connectivity index (χ2v) is 9.96. The van der Waals surface area contributed by atoms with Crippen LogP contribution >= 0.6 is 0 Å². The minimum atomic E-state index is -3.78. The van der Waals surface area contributed by atoms with Crippen molar-refractivity contribution in [3.05, 3.63) is 77.4 Å². The van der Waals surface area contributed by atoms with E-state index in [1.165, 1.54) is 43.4 Å². The maximum Gasteiger partial charge on any atom is 0.337 e. The lowest BCUT2D eigenvalue weighted by atomic mass is 10.1. The molecule has 4 rings (SSSR count). The summed E-state index contributed by atoms with van der Waals surface area (Å²) in [5, 5.41) is 12.2. The second-order valence-electron chi connectivity index (χ2n) is 7.99. The Balaban J connectivity index is 1.55. The highest BCUT2D eigenvalue weighted by Crippen LogP contribution is 2.35. The summed E-state index contributed by atoms with van der Waals surface area (Å²) in [5.41, 5.74) is 1.46. The zero-order chi connectivity index (χ0) is 25.2. The topological polar surface area (TPSA) is 122 Å². The van der Waals surface area contributed by atoms with Gasteiger partial charge in [-0.2, -0.15) is 0 Å². The van der Waals surface area contributed by atoms with E-state index in [1.54, 1.807) is 24.3 Å². The van der Waals surface area contributed by atoms with Crippen molar-refractivity contribution in [2.45, 2.75) is 18.2 Å². The van der Waals surface area contributed by atoms with Crippen LogP contribution in [-0.4, -0.2) is 45.7 Å². The number of carboxylic acid groups (broad SMARTS) is 1. The summed E-state index contributed by atoms with van der Waals surface area (Å²) in [6, 6.07) is 15.2. The number of ether oxygens (including phenoxy) is 2. The van der Waals surface area contributed by atoms with Crippen LogP contribution < -0.4 is 19.1 Å². The largest absolute Gasteiger partial charge is 0.490 e. The van der Waals surface area contributed by atoms with Gasteiger partial charge < -0.3 is 19.9 Å². The Kier molecular flexibility index (Phi) is 6.65. The highest BCUT2D eigenvalue weighted by Gasteiger charge is 2.23. The number of hydrogen-bond donors (Lipinski definition) is 2. The molecule has 0 aliphatic carbocycles. The molecule has 1 aliphatic heterocycles. The van der Waals surface area contributed by atoms with Gasteiger partial charge in [-0.15, -0.1) is 0 Å². The molecular formula is C25H24N2O7S. The van der Waals surface area contributed by atoms with Gasteiger partial charge in [-0.3, -0.25) is 9.10 Å². The Morgan fingerprint density at radius 1 is 0.943 bits per heavy atom. The first-order valence-electron chi connectivity index (χ1n) is 10.8. The number of anilines is 2. The molecule has 1 heterocycles. The number of aromatic carboxylic acids is 1. The summed E-state index contributed by atoms with van der Waals surface area (Å²) in [4.78, 5) is 24.8. The third kappa shape index (κ3) is 5.07. The van der Waals surface area contributed by atoms with E-state index in [4.69, 9.17) is 9.47 Å². The molecule has 0 spiro atoms. The van der Waals surface area contributed by atoms with Crippen molar-refractivity contribution in [2.24, 2.45) is 0 Å². The Morgan fingerprint density at radius 3 is 2.14 bits per heavy atom. The highest BCUT2D eigenvalue weighted by atomic mass is 32.2. The van der Waals surface area contributed by atoms with Crippen molar-refractivity contribution in [2.75, 3.05) is 29.9 Å². The fourth-order valence-electron chi connectivity index (χ4n) is 3.51. The second kappa shape index (κ2) is 9.67. The van der Waals surface area contributed by atoms with E-state index >= 15 is 0 Å². The van der Waals surface area contributed by atoms with E-state index < -0.39 is 21.9 Å². The van der Waals surface area contributed by atoms with Crippen LogP contribution in [0.3, 0.4) is 0 Å². The first-order valence-corrected chi connectivity index (χ1v) is 12.2. The van der Waals surface area contributed by atoms with Gasteiger partial charge >= 0.3 is 5.97 Å². The van der Waals surface area contributed by atoms with Crippen LogP contribution in [0.25, 0.3) is 0 Å². The van der Waals surface area contributed by atoms with Crippen LogP contribution in [0.4, 0.5) is 11.4 Å². The van der Waals surface area contributed by atoms with E-state index in [9.17, 15) is 23.1 Å². The van der Waals surface area contributed by atoms with Crippen LogP contribution in [0.5, 0.6) is 11.5 Å². The van der Waals surface area contributed by atoms with E-state index in [2.05, 4.69) is 5.32 Å². The van der Waals surface area contributed by atoms with Gasteiger partial charge in [0, 0.05) is 31.2 Å². The maximum atomic E-state index is 12.9. The van der Waals surface area contributed by atoms with Crippen molar-refractivity contribution in [3.8, 4) is 11.5 Å². The molecule has 0 fully saturated rings. The molecule has 35 heavy (non-hydrogen) atoms. The Labute approximate surface area is 203 Å². The third-order valence-corrected chi connectivity index (χ3v) is 7.34. The van der Waals surface area contributed by atoms with Crippen molar-refractivity contribution in [1.29, 1.82) is 0 Å². The highest BCUT2D eigenvalue weighted by molar-refractivity contribution is 7.92. The first-order chi connectivity index (χ1) is 16.7. The van der Waals surface area contributed by atoms with Crippen LogP contribution in [-0.2, 0) is 10.0 Å². The Hall–Kier alpha value is -4.05. The summed E-state index contributed by atoms with van der Waals surface area (Å²) < 4.78 is 38.1. The van der Waals surface area contributed by atoms with Crippen LogP contribution in [0.1, 0.15) is 32.7 Å². The van der Waals surface area contributed by atoms with Crippen LogP contribution in [0.15, 0.2) is 65.6 Å². The van der Waals surface area contributed by atoms with E-state index in [1.807, 2.05) is 6.92 Å². The molecular weight excluding hydrogens is 472 g/mol. The minimum Gasteiger partial charge on any atom is -0.490 e. The number of benzene rings is 3. The molecule has 1 aliphatic rings. The summed E-state index contributed by atoms with van der Waals surface area (Å²) in [7, 11) is -2.34. The molecule has 3 aromatic carbocycles. The van der Waals surface area contributed by atoms with Crippen LogP contribution in [0.2, 0.25) is 0 Å². The smallest absolute Gasteiger partial charge is 0.337 e. The third-order valence-electron chi connectivity index (χ3n) is 5.54. The van der Waals surface area contributed by atoms with E-state index in [0.717, 1.165) is 9.87 Å². The lowest BCUT2D eigenvalue weighted by molar-refractivity contribution is 0.0697.